The number of nitro benzene ring substituents is 1. The van der Waals surface area contributed by atoms with Crippen LogP contribution in [0.1, 0.15) is 26.3 Å². The second kappa shape index (κ2) is 7.39. The van der Waals surface area contributed by atoms with E-state index in [2.05, 4.69) is 10.6 Å². The Hall–Kier alpha value is -2.64. The Labute approximate surface area is 128 Å². The highest BCUT2D eigenvalue weighted by molar-refractivity contribution is 5.96. The molecule has 0 heterocycles. The summed E-state index contributed by atoms with van der Waals surface area (Å²) in [6.07, 6.45) is -0.918. The van der Waals surface area contributed by atoms with Crippen LogP contribution < -0.4 is 15.4 Å². The van der Waals surface area contributed by atoms with E-state index < -0.39 is 23.0 Å². The topological polar surface area (TPSA) is 111 Å². The Morgan fingerprint density at radius 1 is 1.27 bits per heavy atom. The van der Waals surface area contributed by atoms with Gasteiger partial charge in [0.15, 0.2) is 6.10 Å². The zero-order valence-electron chi connectivity index (χ0n) is 12.9. The lowest BCUT2D eigenvalue weighted by atomic mass is 10.2. The van der Waals surface area contributed by atoms with Gasteiger partial charge >= 0.3 is 6.03 Å². The first kappa shape index (κ1) is 17.4. The van der Waals surface area contributed by atoms with Gasteiger partial charge in [0.25, 0.3) is 11.6 Å². The molecular formula is C14H19N3O5. The zero-order valence-corrected chi connectivity index (χ0v) is 12.9. The van der Waals surface area contributed by atoms with Crippen molar-refractivity contribution in [1.29, 1.82) is 0 Å². The Balaban J connectivity index is 2.66. The molecule has 1 rings (SSSR count). The molecule has 0 aliphatic carbocycles. The molecule has 0 bridgehead atoms. The quantitative estimate of drug-likeness (QED) is 0.637. The first-order valence-electron chi connectivity index (χ1n) is 6.73. The van der Waals surface area contributed by atoms with Crippen molar-refractivity contribution in [1.82, 2.24) is 10.6 Å². The van der Waals surface area contributed by atoms with Crippen LogP contribution in [-0.2, 0) is 4.79 Å². The summed E-state index contributed by atoms with van der Waals surface area (Å²) in [4.78, 5) is 33.4. The predicted molar refractivity (Wildman–Crippen MR) is 79.7 cm³/mol. The van der Waals surface area contributed by atoms with Crippen LogP contribution in [0.15, 0.2) is 18.2 Å². The third-order valence-corrected chi connectivity index (χ3v) is 2.70. The summed E-state index contributed by atoms with van der Waals surface area (Å²) in [6.45, 7) is 6.59. The molecule has 0 radical (unpaired) electrons. The molecule has 0 fully saturated rings. The van der Waals surface area contributed by atoms with Crippen LogP contribution in [0.3, 0.4) is 0 Å². The number of imide groups is 1. The number of ether oxygens (including phenoxy) is 1. The number of hydrogen-bond donors (Lipinski definition) is 2. The molecule has 0 aromatic heterocycles. The third kappa shape index (κ3) is 5.04. The van der Waals surface area contributed by atoms with Gasteiger partial charge in [-0.3, -0.25) is 20.2 Å². The minimum absolute atomic E-state index is 0.0271. The van der Waals surface area contributed by atoms with Crippen molar-refractivity contribution in [2.75, 3.05) is 0 Å². The normalized spacial score (nSPS) is 11.7. The van der Waals surface area contributed by atoms with Crippen LogP contribution in [0.5, 0.6) is 5.75 Å². The third-order valence-electron chi connectivity index (χ3n) is 2.70. The Kier molecular flexibility index (Phi) is 5.85. The largest absolute Gasteiger partial charge is 0.481 e. The summed E-state index contributed by atoms with van der Waals surface area (Å²) in [6, 6.07) is 3.48. The van der Waals surface area contributed by atoms with Crippen LogP contribution in [0.4, 0.5) is 10.5 Å². The maximum atomic E-state index is 11.8. The number of benzene rings is 1. The van der Waals surface area contributed by atoms with Gasteiger partial charge in [-0.05, 0) is 39.8 Å². The number of rotatable bonds is 5. The molecule has 0 saturated carbocycles. The second-order valence-electron chi connectivity index (χ2n) is 5.08. The van der Waals surface area contributed by atoms with Gasteiger partial charge in [-0.2, -0.15) is 0 Å². The van der Waals surface area contributed by atoms with Crippen molar-refractivity contribution in [3.63, 3.8) is 0 Å². The number of aryl methyl sites for hydroxylation is 1. The van der Waals surface area contributed by atoms with E-state index in [4.69, 9.17) is 4.74 Å². The van der Waals surface area contributed by atoms with Crippen molar-refractivity contribution in [3.8, 4) is 5.75 Å². The lowest BCUT2D eigenvalue weighted by Gasteiger charge is -2.15. The summed E-state index contributed by atoms with van der Waals surface area (Å²) < 4.78 is 5.38. The molecule has 1 atom stereocenters. The molecule has 0 spiro atoms. The number of amides is 3. The molecule has 2 N–H and O–H groups in total. The fourth-order valence-electron chi connectivity index (χ4n) is 1.68. The van der Waals surface area contributed by atoms with E-state index in [9.17, 15) is 19.7 Å². The second-order valence-corrected chi connectivity index (χ2v) is 5.08. The first-order valence-corrected chi connectivity index (χ1v) is 6.73. The van der Waals surface area contributed by atoms with Crippen LogP contribution in [0.25, 0.3) is 0 Å². The molecule has 0 aliphatic heterocycles. The Morgan fingerprint density at radius 3 is 2.41 bits per heavy atom. The van der Waals surface area contributed by atoms with E-state index in [1.165, 1.54) is 25.1 Å². The summed E-state index contributed by atoms with van der Waals surface area (Å²) in [5, 5.41) is 15.4. The van der Waals surface area contributed by atoms with E-state index in [1.807, 2.05) is 0 Å². The van der Waals surface area contributed by atoms with E-state index in [1.54, 1.807) is 20.8 Å². The average molecular weight is 309 g/mol. The molecule has 120 valence electrons. The van der Waals surface area contributed by atoms with Gasteiger partial charge in [-0.25, -0.2) is 4.79 Å². The van der Waals surface area contributed by atoms with Gasteiger partial charge in [-0.1, -0.05) is 0 Å². The average Bonchev–Trinajstić information content (AvgIpc) is 2.36. The van der Waals surface area contributed by atoms with Gasteiger partial charge in [-0.15, -0.1) is 0 Å². The molecule has 8 heteroatoms. The molecule has 22 heavy (non-hydrogen) atoms. The number of nitrogens with one attached hydrogen (secondary N) is 2. The minimum Gasteiger partial charge on any atom is -0.481 e. The summed E-state index contributed by atoms with van der Waals surface area (Å²) >= 11 is 0. The molecule has 1 aromatic carbocycles. The van der Waals surface area contributed by atoms with Crippen molar-refractivity contribution < 1.29 is 19.2 Å². The van der Waals surface area contributed by atoms with Crippen molar-refractivity contribution in [2.45, 2.75) is 39.8 Å². The number of nitrogens with zero attached hydrogens (tertiary/aromatic N) is 1. The highest BCUT2D eigenvalue weighted by Gasteiger charge is 2.19. The monoisotopic (exact) mass is 309 g/mol. The Morgan fingerprint density at radius 2 is 1.91 bits per heavy atom. The van der Waals surface area contributed by atoms with Gasteiger partial charge in [0.1, 0.15) is 5.75 Å². The lowest BCUT2D eigenvalue weighted by molar-refractivity contribution is -0.385. The molecule has 0 saturated heterocycles. The maximum absolute atomic E-state index is 11.8. The highest BCUT2D eigenvalue weighted by atomic mass is 16.6. The van der Waals surface area contributed by atoms with Gasteiger partial charge < -0.3 is 10.1 Å². The summed E-state index contributed by atoms with van der Waals surface area (Å²) in [5.74, 6) is -0.288. The van der Waals surface area contributed by atoms with Crippen LogP contribution >= 0.6 is 0 Å². The van der Waals surface area contributed by atoms with Crippen LogP contribution in [0, 0.1) is 17.0 Å². The molecule has 0 unspecified atom stereocenters. The number of carbonyl (C=O) groups excluding carboxylic acids is 2. The van der Waals surface area contributed by atoms with Crippen LogP contribution in [0.2, 0.25) is 0 Å². The molecule has 3 amide bonds. The number of nitro groups is 1. The smallest absolute Gasteiger partial charge is 0.321 e. The summed E-state index contributed by atoms with van der Waals surface area (Å²) in [7, 11) is 0. The van der Waals surface area contributed by atoms with E-state index in [-0.39, 0.29) is 11.7 Å². The molecule has 1 aromatic rings. The first-order chi connectivity index (χ1) is 10.2. The predicted octanol–water partition coefficient (Wildman–Crippen LogP) is 1.90. The molecular weight excluding hydrogens is 290 g/mol. The maximum Gasteiger partial charge on any atom is 0.321 e. The number of hydrogen-bond acceptors (Lipinski definition) is 5. The SMILES string of the molecule is Cc1cc(O[C@@H](C)C(=O)NC(=O)NC(C)C)ccc1[N+](=O)[O-]. The fourth-order valence-corrected chi connectivity index (χ4v) is 1.68. The molecule has 8 nitrogen and oxygen atoms in total. The van der Waals surface area contributed by atoms with Gasteiger partial charge in [0.2, 0.25) is 0 Å². The van der Waals surface area contributed by atoms with E-state index >= 15 is 0 Å². The van der Waals surface area contributed by atoms with Gasteiger partial charge in [0, 0.05) is 17.7 Å². The zero-order chi connectivity index (χ0) is 16.9. The Bertz CT molecular complexity index is 586. The van der Waals surface area contributed by atoms with Crippen molar-refractivity contribution in [3.05, 3.63) is 33.9 Å². The van der Waals surface area contributed by atoms with Crippen molar-refractivity contribution >= 4 is 17.6 Å². The van der Waals surface area contributed by atoms with E-state index in [0.29, 0.717) is 11.3 Å². The van der Waals surface area contributed by atoms with E-state index in [0.717, 1.165) is 0 Å². The summed E-state index contributed by atoms with van der Waals surface area (Å²) in [5.41, 5.74) is 0.397. The highest BCUT2D eigenvalue weighted by Crippen LogP contribution is 2.23. The minimum atomic E-state index is -0.918. The fraction of sp³-hybridized carbons (Fsp3) is 0.429. The van der Waals surface area contributed by atoms with Crippen molar-refractivity contribution in [2.24, 2.45) is 0 Å². The number of urea groups is 1. The van der Waals surface area contributed by atoms with Crippen LogP contribution in [-0.4, -0.2) is 29.0 Å². The standard InChI is InChI=1S/C14H19N3O5/c1-8(2)15-14(19)16-13(18)10(4)22-11-5-6-12(17(20)21)9(3)7-11/h5-8,10H,1-4H3,(H2,15,16,18,19)/t10-/m0/s1. The molecule has 0 aliphatic rings. The number of carbonyl (C=O) groups is 2. The van der Waals surface area contributed by atoms with Gasteiger partial charge in [0.05, 0.1) is 4.92 Å². The lowest BCUT2D eigenvalue weighted by Crippen LogP contribution is -2.46.